The summed E-state index contributed by atoms with van der Waals surface area (Å²) < 4.78 is 63.5. The van der Waals surface area contributed by atoms with E-state index in [0.29, 0.717) is 36.2 Å². The number of likely N-dealkylation sites (tertiary alicyclic amines) is 1. The summed E-state index contributed by atoms with van der Waals surface area (Å²) in [5, 5.41) is 24.2. The molecule has 2 amide bonds. The molecule has 2 aliphatic rings. The Bertz CT molecular complexity index is 1690. The fraction of sp³-hybridized carbons (Fsp3) is 0.367. The van der Waals surface area contributed by atoms with Gasteiger partial charge in [-0.3, -0.25) is 14.6 Å². The number of benzene rings is 1. The number of aliphatic carboxylic acids is 2. The molecule has 270 valence electrons. The molecule has 0 saturated carbocycles. The number of carbonyl (C=O) groups is 4. The smallest absolute Gasteiger partial charge is 0.475 e. The highest BCUT2D eigenvalue weighted by Crippen LogP contribution is 2.30. The summed E-state index contributed by atoms with van der Waals surface area (Å²) in [5.74, 6) is -4.42. The van der Waals surface area contributed by atoms with Crippen LogP contribution < -0.4 is 16.0 Å². The Labute approximate surface area is 285 Å². The average molecular weight is 734 g/mol. The number of anilines is 5. The Morgan fingerprint density at radius 2 is 1.62 bits per heavy atom. The van der Waals surface area contributed by atoms with Crippen molar-refractivity contribution in [3.05, 3.63) is 59.0 Å². The molecule has 0 aliphatic carbocycles. The largest absolute Gasteiger partial charge is 0.490 e. The van der Waals surface area contributed by atoms with Crippen LogP contribution in [0, 0.1) is 5.92 Å². The summed E-state index contributed by atoms with van der Waals surface area (Å²) in [6.07, 6.45) is -1.35. The normalized spacial score (nSPS) is 15.4. The third-order valence-electron chi connectivity index (χ3n) is 7.04. The summed E-state index contributed by atoms with van der Waals surface area (Å²) in [4.78, 5) is 57.5. The lowest BCUT2D eigenvalue weighted by Crippen LogP contribution is -2.39. The number of piperidine rings is 1. The molecule has 50 heavy (non-hydrogen) atoms. The second-order valence-corrected chi connectivity index (χ2v) is 11.3. The molecule has 1 atom stereocenters. The molecule has 6 bridgehead atoms. The van der Waals surface area contributed by atoms with Crippen LogP contribution in [0.2, 0.25) is 5.02 Å². The number of halogens is 7. The van der Waals surface area contributed by atoms with Crippen molar-refractivity contribution in [3.8, 4) is 0 Å². The van der Waals surface area contributed by atoms with Gasteiger partial charge >= 0.3 is 24.3 Å². The number of carbonyl (C=O) groups excluding carboxylic acids is 2. The molecule has 20 heteroatoms. The van der Waals surface area contributed by atoms with Gasteiger partial charge in [0.15, 0.2) is 5.82 Å². The van der Waals surface area contributed by atoms with E-state index in [-0.39, 0.29) is 17.7 Å². The van der Waals surface area contributed by atoms with E-state index in [1.165, 1.54) is 0 Å². The Balaban J connectivity index is 0.000000408. The minimum atomic E-state index is -5.08. The molecular formula is C30H30ClF6N7O6. The molecule has 1 fully saturated rings. The van der Waals surface area contributed by atoms with Gasteiger partial charge in [0.05, 0.1) is 18.1 Å². The van der Waals surface area contributed by atoms with E-state index >= 15 is 0 Å². The first-order chi connectivity index (χ1) is 23.3. The molecule has 13 nitrogen and oxygen atoms in total. The van der Waals surface area contributed by atoms with Crippen molar-refractivity contribution in [2.75, 3.05) is 29.0 Å². The van der Waals surface area contributed by atoms with Crippen LogP contribution in [0.25, 0.3) is 0 Å². The molecular weight excluding hydrogens is 704 g/mol. The highest BCUT2D eigenvalue weighted by Gasteiger charge is 2.39. The molecule has 0 unspecified atom stereocenters. The maximum absolute atomic E-state index is 13.0. The van der Waals surface area contributed by atoms with Crippen molar-refractivity contribution in [2.24, 2.45) is 5.92 Å². The number of nitrogens with zero attached hydrogens (tertiary/aromatic N) is 4. The number of aromatic nitrogens is 3. The van der Waals surface area contributed by atoms with E-state index < -0.39 is 24.3 Å². The highest BCUT2D eigenvalue weighted by atomic mass is 35.5. The van der Waals surface area contributed by atoms with E-state index in [1.54, 1.807) is 19.3 Å². The zero-order chi connectivity index (χ0) is 37.2. The standard InChI is InChI=1S/C26H28ClN7O2.2C2HF3O2/c1-16(35)34-8-2-3-18(15-34)10-24(36)32-23-7-6-20-11-19(23)5-4-17-9-21(13-28-12-17)31-26-29-14-22(27)25(30-20)33-26;2*3-2(4,5)1(6)7/h6-7,9,11-14,18H,2-5,8,10,15H2,1H3,(H,32,36)(H2,29,30,31,33);2*(H,6,7)/t18-;;/m1../s1. The summed E-state index contributed by atoms with van der Waals surface area (Å²) in [6, 6.07) is 7.82. The van der Waals surface area contributed by atoms with E-state index in [2.05, 4.69) is 30.9 Å². The lowest BCUT2D eigenvalue weighted by molar-refractivity contribution is -0.193. The van der Waals surface area contributed by atoms with E-state index in [0.717, 1.165) is 54.0 Å². The van der Waals surface area contributed by atoms with Gasteiger partial charge in [-0.05, 0) is 67.0 Å². The van der Waals surface area contributed by atoms with E-state index in [1.807, 2.05) is 35.4 Å². The van der Waals surface area contributed by atoms with Gasteiger partial charge in [0, 0.05) is 44.0 Å². The summed E-state index contributed by atoms with van der Waals surface area (Å²) in [6.45, 7) is 3.00. The third kappa shape index (κ3) is 12.4. The van der Waals surface area contributed by atoms with Crippen LogP contribution in [0.3, 0.4) is 0 Å². The van der Waals surface area contributed by atoms with E-state index in [4.69, 9.17) is 31.4 Å². The van der Waals surface area contributed by atoms with Crippen molar-refractivity contribution in [1.82, 2.24) is 19.9 Å². The van der Waals surface area contributed by atoms with Gasteiger partial charge in [-0.2, -0.15) is 31.3 Å². The van der Waals surface area contributed by atoms with Crippen molar-refractivity contribution >= 4 is 64.2 Å². The Kier molecular flexibility index (Phi) is 13.3. The zero-order valence-corrected chi connectivity index (χ0v) is 26.8. The van der Waals surface area contributed by atoms with Gasteiger partial charge < -0.3 is 31.1 Å². The topological polar surface area (TPSA) is 187 Å². The van der Waals surface area contributed by atoms with Gasteiger partial charge in [0.1, 0.15) is 5.02 Å². The van der Waals surface area contributed by atoms with Crippen LogP contribution in [0.4, 0.5) is 55.2 Å². The van der Waals surface area contributed by atoms with Gasteiger partial charge in [-0.1, -0.05) is 11.6 Å². The molecule has 3 aromatic rings. The lowest BCUT2D eigenvalue weighted by Gasteiger charge is -2.31. The van der Waals surface area contributed by atoms with Crippen molar-refractivity contribution in [2.45, 2.75) is 51.4 Å². The fourth-order valence-corrected chi connectivity index (χ4v) is 4.87. The number of alkyl halides is 6. The number of carboxylic acid groups (broad SMARTS) is 2. The van der Waals surface area contributed by atoms with Crippen LogP contribution in [0.5, 0.6) is 0 Å². The average Bonchev–Trinajstić information content (AvgIpc) is 3.02. The van der Waals surface area contributed by atoms with Crippen LogP contribution in [0.1, 0.15) is 37.3 Å². The maximum Gasteiger partial charge on any atom is 0.490 e. The predicted octanol–water partition coefficient (Wildman–Crippen LogP) is 5.96. The lowest BCUT2D eigenvalue weighted by atomic mass is 9.94. The number of pyridine rings is 1. The second-order valence-electron chi connectivity index (χ2n) is 10.9. The molecule has 4 heterocycles. The number of hydrogen-bond acceptors (Lipinski definition) is 9. The second kappa shape index (κ2) is 17.0. The molecule has 5 rings (SSSR count). The first-order valence-electron chi connectivity index (χ1n) is 14.6. The van der Waals surface area contributed by atoms with Gasteiger partial charge in [-0.15, -0.1) is 0 Å². The molecule has 2 aliphatic heterocycles. The summed E-state index contributed by atoms with van der Waals surface area (Å²) in [5.41, 5.74) is 4.41. The van der Waals surface area contributed by atoms with Crippen LogP contribution in [0.15, 0.2) is 42.9 Å². The monoisotopic (exact) mass is 733 g/mol. The Morgan fingerprint density at radius 3 is 2.24 bits per heavy atom. The fourth-order valence-electron chi connectivity index (χ4n) is 4.73. The number of aryl methyl sites for hydroxylation is 2. The predicted molar refractivity (Wildman–Crippen MR) is 167 cm³/mol. The molecule has 0 radical (unpaired) electrons. The first-order valence-corrected chi connectivity index (χ1v) is 15.0. The minimum Gasteiger partial charge on any atom is -0.475 e. The van der Waals surface area contributed by atoms with Crippen molar-refractivity contribution < 1.29 is 55.7 Å². The minimum absolute atomic E-state index is 0.0402. The number of carboxylic acids is 2. The van der Waals surface area contributed by atoms with Gasteiger partial charge in [0.2, 0.25) is 17.8 Å². The Morgan fingerprint density at radius 1 is 0.960 bits per heavy atom. The SMILES string of the molecule is CC(=O)N1CCC[C@H](CC(=O)Nc2ccc3cc2CCc2cncc(c2)Nc2ncc(Cl)c(n2)N3)C1.O=C(O)C(F)(F)F.O=C(O)C(F)(F)F. The summed E-state index contributed by atoms with van der Waals surface area (Å²) >= 11 is 6.35. The maximum atomic E-state index is 13.0. The highest BCUT2D eigenvalue weighted by molar-refractivity contribution is 6.32. The Hall–Kier alpha value is -5.20. The first kappa shape index (κ1) is 39.2. The quantitative estimate of drug-likeness (QED) is 0.200. The number of fused-ring (bicyclic) bond motifs is 6. The molecule has 0 spiro atoms. The molecule has 1 aromatic carbocycles. The number of hydrogen-bond donors (Lipinski definition) is 5. The third-order valence-corrected chi connectivity index (χ3v) is 7.32. The van der Waals surface area contributed by atoms with Crippen LogP contribution >= 0.6 is 11.6 Å². The number of rotatable bonds is 3. The zero-order valence-electron chi connectivity index (χ0n) is 26.0. The molecule has 5 N–H and O–H groups in total. The van der Waals surface area contributed by atoms with Gasteiger partial charge in [0.25, 0.3) is 0 Å². The molecule has 2 aromatic heterocycles. The van der Waals surface area contributed by atoms with Gasteiger partial charge in [-0.25, -0.2) is 14.6 Å². The van der Waals surface area contributed by atoms with Crippen molar-refractivity contribution in [1.29, 1.82) is 0 Å². The summed E-state index contributed by atoms with van der Waals surface area (Å²) in [7, 11) is 0. The van der Waals surface area contributed by atoms with Crippen LogP contribution in [-0.4, -0.2) is 79.3 Å². The number of nitrogens with one attached hydrogen (secondary N) is 3. The van der Waals surface area contributed by atoms with Crippen molar-refractivity contribution in [3.63, 3.8) is 0 Å². The van der Waals surface area contributed by atoms with Crippen LogP contribution in [-0.2, 0) is 32.0 Å². The van der Waals surface area contributed by atoms with E-state index in [9.17, 15) is 35.9 Å². The number of amides is 2. The molecule has 1 saturated heterocycles.